The lowest BCUT2D eigenvalue weighted by Crippen LogP contribution is -2.37. The molecular formula is C5H18Cl3O4P. The number of aliphatic hydroxyl groups is 4. The molecule has 0 saturated carbocycles. The number of hydrogen-bond donors (Lipinski definition) is 4. The van der Waals surface area contributed by atoms with Gasteiger partial charge in [-0.2, -0.15) is 9.90 Å². The molecule has 0 rings (SSSR count). The van der Waals surface area contributed by atoms with Gasteiger partial charge in [0.1, 0.15) is 0 Å². The first-order valence-electron chi connectivity index (χ1n) is 2.68. The summed E-state index contributed by atoms with van der Waals surface area (Å²) in [6.07, 6.45) is 0. The van der Waals surface area contributed by atoms with Crippen LogP contribution in [0.15, 0.2) is 0 Å². The Morgan fingerprint density at radius 3 is 0.769 bits per heavy atom. The fourth-order valence-corrected chi connectivity index (χ4v) is 0.300. The van der Waals surface area contributed by atoms with E-state index in [0.29, 0.717) is 0 Å². The second kappa shape index (κ2) is 15.6. The average molecular weight is 280 g/mol. The van der Waals surface area contributed by atoms with E-state index in [1.807, 2.05) is 0 Å². The molecule has 0 aliphatic carbocycles. The van der Waals surface area contributed by atoms with Gasteiger partial charge in [-0.1, -0.05) is 0 Å². The lowest BCUT2D eigenvalue weighted by atomic mass is 9.93. The topological polar surface area (TPSA) is 80.9 Å². The number of rotatable bonds is 4. The maximum absolute atomic E-state index is 8.50. The van der Waals surface area contributed by atoms with Gasteiger partial charge in [0.25, 0.3) is 0 Å². The molecule has 0 aliphatic heterocycles. The number of halogens is 3. The Morgan fingerprint density at radius 2 is 0.769 bits per heavy atom. The molecule has 13 heavy (non-hydrogen) atoms. The first-order valence-corrected chi connectivity index (χ1v) is 2.68. The molecule has 4 nitrogen and oxygen atoms in total. The van der Waals surface area contributed by atoms with Crippen molar-refractivity contribution in [3.8, 4) is 0 Å². The van der Waals surface area contributed by atoms with Crippen LogP contribution in [0.4, 0.5) is 0 Å². The Morgan fingerprint density at radius 1 is 0.615 bits per heavy atom. The van der Waals surface area contributed by atoms with E-state index in [2.05, 4.69) is 0 Å². The summed E-state index contributed by atoms with van der Waals surface area (Å²) in [4.78, 5) is 0. The Hall–Kier alpha value is 1.14. The van der Waals surface area contributed by atoms with Gasteiger partial charge in [-0.15, -0.1) is 37.2 Å². The van der Waals surface area contributed by atoms with Crippen molar-refractivity contribution in [3.05, 3.63) is 0 Å². The third-order valence-corrected chi connectivity index (χ3v) is 1.34. The molecule has 0 saturated heterocycles. The zero-order chi connectivity index (χ0) is 7.33. The predicted octanol–water partition coefficient (Wildman–Crippen LogP) is -0.734. The Kier molecular flexibility index (Phi) is 35.1. The van der Waals surface area contributed by atoms with E-state index < -0.39 is 31.8 Å². The quantitative estimate of drug-likeness (QED) is 0.511. The van der Waals surface area contributed by atoms with Gasteiger partial charge in [0.15, 0.2) is 0 Å². The molecule has 0 aromatic rings. The molecule has 88 valence electrons. The van der Waals surface area contributed by atoms with Crippen LogP contribution < -0.4 is 0 Å². The van der Waals surface area contributed by atoms with Crippen LogP contribution in [0.3, 0.4) is 0 Å². The van der Waals surface area contributed by atoms with E-state index in [-0.39, 0.29) is 47.1 Å². The molecule has 0 amide bonds. The standard InChI is InChI=1S/C5H12O4.3ClH.H3P/c6-1-5(2-7,3-8)4-9;;;;/h6-9H,1-4H2;3*1H;1H3. The molecule has 0 fully saturated rings. The van der Waals surface area contributed by atoms with Crippen LogP contribution in [-0.4, -0.2) is 46.9 Å². The molecular weight excluding hydrogens is 261 g/mol. The molecule has 1 unspecified atom stereocenters. The monoisotopic (exact) mass is 278 g/mol. The molecule has 0 heterocycles. The van der Waals surface area contributed by atoms with Crippen molar-refractivity contribution >= 4 is 47.1 Å². The summed E-state index contributed by atoms with van der Waals surface area (Å²) >= 11 is 0. The zero-order valence-corrected chi connectivity index (χ0v) is 10.9. The molecule has 1 atom stereocenters. The van der Waals surface area contributed by atoms with Crippen LogP contribution in [-0.2, 0) is 0 Å². The minimum atomic E-state index is -1.11. The summed E-state index contributed by atoms with van der Waals surface area (Å²) < 4.78 is 0. The van der Waals surface area contributed by atoms with E-state index in [9.17, 15) is 0 Å². The average Bonchev–Trinajstić information content (AvgIpc) is 1.95. The highest BCUT2D eigenvalue weighted by molar-refractivity contribution is 6.92. The Labute approximate surface area is 99.6 Å². The van der Waals surface area contributed by atoms with E-state index >= 15 is 0 Å². The minimum Gasteiger partial charge on any atom is -0.396 e. The summed E-state index contributed by atoms with van der Waals surface area (Å²) in [5.41, 5.74) is -1.11. The predicted molar refractivity (Wildman–Crippen MR) is 63.6 cm³/mol. The molecule has 0 spiro atoms. The van der Waals surface area contributed by atoms with Gasteiger partial charge < -0.3 is 20.4 Å². The summed E-state index contributed by atoms with van der Waals surface area (Å²) in [5.74, 6) is 0. The number of aliphatic hydroxyl groups excluding tert-OH is 4. The highest BCUT2D eigenvalue weighted by atomic mass is 35.5. The van der Waals surface area contributed by atoms with Crippen molar-refractivity contribution in [2.24, 2.45) is 5.41 Å². The largest absolute Gasteiger partial charge is 0.396 e. The van der Waals surface area contributed by atoms with Crippen molar-refractivity contribution < 1.29 is 20.4 Å². The van der Waals surface area contributed by atoms with E-state index in [0.717, 1.165) is 0 Å². The molecule has 0 aromatic carbocycles. The molecule has 0 aromatic heterocycles. The maximum atomic E-state index is 8.50. The maximum Gasteiger partial charge on any atom is 0.0627 e. The fourth-order valence-electron chi connectivity index (χ4n) is 0.300. The summed E-state index contributed by atoms with van der Waals surface area (Å²) in [7, 11) is 0. The van der Waals surface area contributed by atoms with E-state index in [4.69, 9.17) is 20.4 Å². The van der Waals surface area contributed by atoms with Gasteiger partial charge >= 0.3 is 0 Å². The van der Waals surface area contributed by atoms with E-state index in [1.54, 1.807) is 0 Å². The Balaban J connectivity index is -0.0000000533. The molecule has 8 heteroatoms. The summed E-state index contributed by atoms with van der Waals surface area (Å²) in [5, 5.41) is 34.0. The third kappa shape index (κ3) is 9.44. The first kappa shape index (κ1) is 29.2. The van der Waals surface area contributed by atoms with Gasteiger partial charge in [0, 0.05) is 0 Å². The zero-order valence-electron chi connectivity index (χ0n) is 7.05. The smallest absolute Gasteiger partial charge is 0.0627 e. The Bertz CT molecular complexity index is 66.7. The van der Waals surface area contributed by atoms with Crippen molar-refractivity contribution in [2.75, 3.05) is 26.4 Å². The normalized spacial score (nSPS) is 8.31. The van der Waals surface area contributed by atoms with Crippen LogP contribution >= 0.6 is 47.1 Å². The van der Waals surface area contributed by atoms with Gasteiger partial charge in [-0.05, 0) is 0 Å². The van der Waals surface area contributed by atoms with Crippen molar-refractivity contribution in [3.63, 3.8) is 0 Å². The minimum absolute atomic E-state index is 0. The van der Waals surface area contributed by atoms with Crippen molar-refractivity contribution in [1.29, 1.82) is 0 Å². The molecule has 0 radical (unpaired) electrons. The highest BCUT2D eigenvalue weighted by Gasteiger charge is 2.26. The molecule has 4 N–H and O–H groups in total. The third-order valence-electron chi connectivity index (χ3n) is 1.34. The van der Waals surface area contributed by atoms with Crippen molar-refractivity contribution in [2.45, 2.75) is 0 Å². The fraction of sp³-hybridized carbons (Fsp3) is 1.00. The lowest BCUT2D eigenvalue weighted by Gasteiger charge is -2.23. The van der Waals surface area contributed by atoms with Gasteiger partial charge in [-0.25, -0.2) is 0 Å². The van der Waals surface area contributed by atoms with Gasteiger partial charge in [-0.3, -0.25) is 0 Å². The van der Waals surface area contributed by atoms with Crippen LogP contribution in [0.1, 0.15) is 0 Å². The summed E-state index contributed by atoms with van der Waals surface area (Å²) in [6.45, 7) is -1.62. The number of hydrogen-bond acceptors (Lipinski definition) is 4. The van der Waals surface area contributed by atoms with E-state index in [1.165, 1.54) is 0 Å². The molecule has 0 aliphatic rings. The second-order valence-corrected chi connectivity index (χ2v) is 2.13. The van der Waals surface area contributed by atoms with Crippen molar-refractivity contribution in [1.82, 2.24) is 0 Å². The van der Waals surface area contributed by atoms with Crippen LogP contribution in [0.25, 0.3) is 0 Å². The highest BCUT2D eigenvalue weighted by Crippen LogP contribution is 2.11. The summed E-state index contributed by atoms with van der Waals surface area (Å²) in [6, 6.07) is 0. The van der Waals surface area contributed by atoms with Gasteiger partial charge in [0.2, 0.25) is 0 Å². The SMILES string of the molecule is Cl.Cl.Cl.OCC(CO)(CO)CO.P. The van der Waals surface area contributed by atoms with Crippen LogP contribution in [0.2, 0.25) is 0 Å². The first-order chi connectivity index (χ1) is 4.24. The van der Waals surface area contributed by atoms with Crippen LogP contribution in [0.5, 0.6) is 0 Å². The van der Waals surface area contributed by atoms with Crippen LogP contribution in [0, 0.1) is 5.41 Å². The molecule has 0 bridgehead atoms. The van der Waals surface area contributed by atoms with Gasteiger partial charge in [0.05, 0.1) is 31.8 Å². The second-order valence-electron chi connectivity index (χ2n) is 2.13. The lowest BCUT2D eigenvalue weighted by molar-refractivity contribution is -0.0328.